The number of rotatable bonds is 8. The number of methoxy groups -OCH3 is 1. The molecule has 9 heteroatoms. The standard InChI is InChI=1S/C19H22F2N2O4S/c1-4-23(28(25,26)18-11-16(21)9-10-17(18)27-3)12-19(24)22-13(2)14-5-7-15(20)8-6-14/h5-11,13H,4,12H2,1-3H3,(H,22,24). The van der Waals surface area contributed by atoms with Crippen molar-refractivity contribution in [1.82, 2.24) is 9.62 Å². The van der Waals surface area contributed by atoms with Gasteiger partial charge >= 0.3 is 0 Å². The first-order valence-corrected chi connectivity index (χ1v) is 10.0. The first-order valence-electron chi connectivity index (χ1n) is 8.57. The van der Waals surface area contributed by atoms with Crippen molar-refractivity contribution < 1.29 is 26.7 Å². The molecule has 1 amide bonds. The lowest BCUT2D eigenvalue weighted by molar-refractivity contribution is -0.121. The molecular weight excluding hydrogens is 390 g/mol. The number of sulfonamides is 1. The van der Waals surface area contributed by atoms with Gasteiger partial charge in [0.1, 0.15) is 22.3 Å². The van der Waals surface area contributed by atoms with E-state index in [0.29, 0.717) is 5.56 Å². The van der Waals surface area contributed by atoms with Crippen molar-refractivity contribution in [3.8, 4) is 5.75 Å². The summed E-state index contributed by atoms with van der Waals surface area (Å²) in [5, 5.41) is 2.67. The number of halogens is 2. The van der Waals surface area contributed by atoms with Crippen molar-refractivity contribution in [2.75, 3.05) is 20.2 Å². The van der Waals surface area contributed by atoms with Gasteiger partial charge in [-0.3, -0.25) is 4.79 Å². The van der Waals surface area contributed by atoms with Crippen LogP contribution in [0, 0.1) is 11.6 Å². The van der Waals surface area contributed by atoms with Gasteiger partial charge in [-0.05, 0) is 42.8 Å². The molecule has 0 spiro atoms. The van der Waals surface area contributed by atoms with E-state index in [1.165, 1.54) is 37.4 Å². The Labute approximate surface area is 163 Å². The Bertz CT molecular complexity index is 933. The third-order valence-corrected chi connectivity index (χ3v) is 6.11. The average Bonchev–Trinajstić information content (AvgIpc) is 2.66. The lowest BCUT2D eigenvalue weighted by atomic mass is 10.1. The maximum absolute atomic E-state index is 13.6. The molecule has 0 aromatic heterocycles. The van der Waals surface area contributed by atoms with Crippen molar-refractivity contribution in [3.05, 3.63) is 59.7 Å². The molecule has 0 aliphatic rings. The predicted molar refractivity (Wildman–Crippen MR) is 100 cm³/mol. The summed E-state index contributed by atoms with van der Waals surface area (Å²) in [5.41, 5.74) is 0.674. The third-order valence-electron chi connectivity index (χ3n) is 4.16. The molecule has 0 saturated carbocycles. The molecule has 2 rings (SSSR count). The first-order chi connectivity index (χ1) is 13.2. The molecule has 0 aliphatic heterocycles. The van der Waals surface area contributed by atoms with Crippen LogP contribution in [0.3, 0.4) is 0 Å². The molecule has 1 unspecified atom stereocenters. The Hall–Kier alpha value is -2.52. The second kappa shape index (κ2) is 9.11. The van der Waals surface area contributed by atoms with Crippen molar-refractivity contribution in [1.29, 1.82) is 0 Å². The van der Waals surface area contributed by atoms with E-state index in [-0.39, 0.29) is 17.2 Å². The number of nitrogens with one attached hydrogen (secondary N) is 1. The van der Waals surface area contributed by atoms with Gasteiger partial charge in [0.2, 0.25) is 15.9 Å². The summed E-state index contributed by atoms with van der Waals surface area (Å²) in [6.07, 6.45) is 0. The summed E-state index contributed by atoms with van der Waals surface area (Å²) in [6.45, 7) is 2.82. The Balaban J connectivity index is 2.17. The van der Waals surface area contributed by atoms with Crippen LogP contribution in [-0.4, -0.2) is 38.8 Å². The summed E-state index contributed by atoms with van der Waals surface area (Å²) in [6, 6.07) is 8.33. The molecule has 1 N–H and O–H groups in total. The topological polar surface area (TPSA) is 75.7 Å². The summed E-state index contributed by atoms with van der Waals surface area (Å²) >= 11 is 0. The lowest BCUT2D eigenvalue weighted by Gasteiger charge is -2.22. The van der Waals surface area contributed by atoms with Gasteiger partial charge in [-0.25, -0.2) is 17.2 Å². The Morgan fingerprint density at radius 1 is 1.14 bits per heavy atom. The number of nitrogens with zero attached hydrogens (tertiary/aromatic N) is 1. The van der Waals surface area contributed by atoms with Gasteiger partial charge < -0.3 is 10.1 Å². The third kappa shape index (κ3) is 5.05. The second-order valence-electron chi connectivity index (χ2n) is 6.07. The van der Waals surface area contributed by atoms with Crippen molar-refractivity contribution in [2.24, 2.45) is 0 Å². The molecule has 0 heterocycles. The molecule has 0 aliphatic carbocycles. The van der Waals surface area contributed by atoms with E-state index in [4.69, 9.17) is 4.74 Å². The minimum atomic E-state index is -4.16. The van der Waals surface area contributed by atoms with E-state index in [0.717, 1.165) is 16.4 Å². The maximum Gasteiger partial charge on any atom is 0.247 e. The Morgan fingerprint density at radius 2 is 1.75 bits per heavy atom. The van der Waals surface area contributed by atoms with Crippen LogP contribution in [-0.2, 0) is 14.8 Å². The van der Waals surface area contributed by atoms with E-state index < -0.39 is 40.2 Å². The molecule has 2 aromatic rings. The first kappa shape index (κ1) is 21.8. The van der Waals surface area contributed by atoms with Gasteiger partial charge in [-0.2, -0.15) is 4.31 Å². The van der Waals surface area contributed by atoms with Crippen molar-refractivity contribution in [3.63, 3.8) is 0 Å². The number of carbonyl (C=O) groups excluding carboxylic acids is 1. The van der Waals surface area contributed by atoms with Crippen LogP contribution in [0.2, 0.25) is 0 Å². The Morgan fingerprint density at radius 3 is 2.32 bits per heavy atom. The van der Waals surface area contributed by atoms with Crippen molar-refractivity contribution in [2.45, 2.75) is 24.8 Å². The second-order valence-corrected chi connectivity index (χ2v) is 7.97. The van der Waals surface area contributed by atoms with E-state index >= 15 is 0 Å². The van der Waals surface area contributed by atoms with E-state index in [1.54, 1.807) is 13.8 Å². The van der Waals surface area contributed by atoms with Gasteiger partial charge in [-0.1, -0.05) is 19.1 Å². The molecule has 0 bridgehead atoms. The molecule has 0 radical (unpaired) electrons. The summed E-state index contributed by atoms with van der Waals surface area (Å²) < 4.78 is 58.3. The molecule has 0 saturated heterocycles. The maximum atomic E-state index is 13.6. The minimum absolute atomic E-state index is 0.000347. The Kier molecular flexibility index (Phi) is 7.09. The van der Waals surface area contributed by atoms with E-state index in [2.05, 4.69) is 5.32 Å². The fourth-order valence-corrected chi connectivity index (χ4v) is 4.21. The molecule has 2 aromatic carbocycles. The van der Waals surface area contributed by atoms with E-state index in [1.807, 2.05) is 0 Å². The monoisotopic (exact) mass is 412 g/mol. The normalized spacial score (nSPS) is 12.6. The van der Waals surface area contributed by atoms with Crippen LogP contribution in [0.1, 0.15) is 25.5 Å². The molecular formula is C19H22F2N2O4S. The van der Waals surface area contributed by atoms with Crippen LogP contribution in [0.5, 0.6) is 5.75 Å². The average molecular weight is 412 g/mol. The van der Waals surface area contributed by atoms with Crippen LogP contribution >= 0.6 is 0 Å². The lowest BCUT2D eigenvalue weighted by Crippen LogP contribution is -2.41. The number of hydrogen-bond acceptors (Lipinski definition) is 4. The number of ether oxygens (including phenoxy) is 1. The predicted octanol–water partition coefficient (Wildman–Crippen LogP) is 2.86. The van der Waals surface area contributed by atoms with Crippen molar-refractivity contribution >= 4 is 15.9 Å². The zero-order valence-corrected chi connectivity index (χ0v) is 16.6. The summed E-state index contributed by atoms with van der Waals surface area (Å²) in [4.78, 5) is 12.0. The highest BCUT2D eigenvalue weighted by Gasteiger charge is 2.29. The van der Waals surface area contributed by atoms with Crippen LogP contribution in [0.4, 0.5) is 8.78 Å². The summed E-state index contributed by atoms with van der Waals surface area (Å²) in [5.74, 6) is -1.68. The highest BCUT2D eigenvalue weighted by Crippen LogP contribution is 2.27. The van der Waals surface area contributed by atoms with Crippen LogP contribution in [0.15, 0.2) is 47.4 Å². The SMILES string of the molecule is CCN(CC(=O)NC(C)c1ccc(F)cc1)S(=O)(=O)c1cc(F)ccc1OC. The highest BCUT2D eigenvalue weighted by atomic mass is 32.2. The van der Waals surface area contributed by atoms with Gasteiger partial charge in [0.05, 0.1) is 19.7 Å². The fraction of sp³-hybridized carbons (Fsp3) is 0.316. The number of amides is 1. The quantitative estimate of drug-likeness (QED) is 0.724. The smallest absolute Gasteiger partial charge is 0.247 e. The molecule has 6 nitrogen and oxygen atoms in total. The fourth-order valence-electron chi connectivity index (χ4n) is 2.64. The number of carbonyl (C=O) groups is 1. The number of likely N-dealkylation sites (N-methyl/N-ethyl adjacent to an activating group) is 1. The molecule has 0 fully saturated rings. The largest absolute Gasteiger partial charge is 0.495 e. The van der Waals surface area contributed by atoms with E-state index in [9.17, 15) is 22.0 Å². The molecule has 152 valence electrons. The minimum Gasteiger partial charge on any atom is -0.495 e. The van der Waals surface area contributed by atoms with Gasteiger partial charge in [0, 0.05) is 6.54 Å². The number of hydrogen-bond donors (Lipinski definition) is 1. The van der Waals surface area contributed by atoms with Crippen LogP contribution in [0.25, 0.3) is 0 Å². The zero-order valence-electron chi connectivity index (χ0n) is 15.8. The molecule has 1 atom stereocenters. The van der Waals surface area contributed by atoms with Gasteiger partial charge in [0.25, 0.3) is 0 Å². The number of benzene rings is 2. The summed E-state index contributed by atoms with van der Waals surface area (Å²) in [7, 11) is -2.88. The van der Waals surface area contributed by atoms with Gasteiger partial charge in [0.15, 0.2) is 0 Å². The zero-order chi connectivity index (χ0) is 20.9. The highest BCUT2D eigenvalue weighted by molar-refractivity contribution is 7.89. The molecule has 28 heavy (non-hydrogen) atoms. The van der Waals surface area contributed by atoms with Crippen LogP contribution < -0.4 is 10.1 Å². The van der Waals surface area contributed by atoms with Gasteiger partial charge in [-0.15, -0.1) is 0 Å².